The molecule has 3 heteroatoms. The molecule has 0 amide bonds. The second-order valence-corrected chi connectivity index (χ2v) is 28.9. The lowest BCUT2D eigenvalue weighted by atomic mass is 9.33. The number of rotatable bonds is 9. The molecule has 0 saturated carbocycles. The van der Waals surface area contributed by atoms with Gasteiger partial charge in [-0.05, 0) is 185 Å². The largest absolute Gasteiger partial charge is 0.311 e. The van der Waals surface area contributed by atoms with Crippen molar-refractivity contribution in [3.05, 3.63) is 244 Å². The number of hydrogen-bond donors (Lipinski definition) is 0. The first-order chi connectivity index (χ1) is 39.0. The van der Waals surface area contributed by atoms with E-state index in [1.807, 2.05) is 0 Å². The number of nitrogens with zero attached hydrogens (tertiary/aromatic N) is 2. The van der Waals surface area contributed by atoms with E-state index in [9.17, 15) is 0 Å². The summed E-state index contributed by atoms with van der Waals surface area (Å²) in [7, 11) is 0. The lowest BCUT2D eigenvalue weighted by Crippen LogP contribution is -2.62. The van der Waals surface area contributed by atoms with Crippen LogP contribution >= 0.6 is 0 Å². The molecule has 0 aromatic heterocycles. The molecule has 0 N–H and O–H groups in total. The number of benzene rings is 9. The second-order valence-electron chi connectivity index (χ2n) is 28.9. The molecule has 2 aliphatic carbocycles. The summed E-state index contributed by atoms with van der Waals surface area (Å²) in [5.74, 6) is 0.254. The Hall–Kier alpha value is -7.36. The first kappa shape index (κ1) is 53.9. The van der Waals surface area contributed by atoms with Crippen molar-refractivity contribution in [3.8, 4) is 22.3 Å². The molecule has 0 radical (unpaired) electrons. The highest BCUT2D eigenvalue weighted by molar-refractivity contribution is 7.00. The lowest BCUT2D eigenvalue weighted by molar-refractivity contribution is 0.332. The molecule has 9 aromatic rings. The third-order valence-electron chi connectivity index (χ3n) is 20.8. The van der Waals surface area contributed by atoms with Crippen molar-refractivity contribution in [2.45, 2.75) is 161 Å². The van der Waals surface area contributed by atoms with Gasteiger partial charge in [-0.25, -0.2) is 0 Å². The smallest absolute Gasteiger partial charge is 0.252 e. The van der Waals surface area contributed by atoms with E-state index in [0.29, 0.717) is 0 Å². The maximum Gasteiger partial charge on any atom is 0.252 e. The zero-order valence-corrected chi connectivity index (χ0v) is 51.4. The zero-order chi connectivity index (χ0) is 57.5. The van der Waals surface area contributed by atoms with Gasteiger partial charge in [-0.1, -0.05) is 243 Å². The van der Waals surface area contributed by atoms with Gasteiger partial charge in [0, 0.05) is 44.8 Å². The lowest BCUT2D eigenvalue weighted by Gasteiger charge is -2.48. The molecular weight excluding hydrogens is 988 g/mol. The fraction of sp³-hybridized carbons (Fsp3) is 0.316. The number of fused-ring (bicyclic) bond motifs is 6. The predicted molar refractivity (Wildman–Crippen MR) is 353 cm³/mol. The van der Waals surface area contributed by atoms with E-state index in [4.69, 9.17) is 0 Å². The Bertz CT molecular complexity index is 3950. The van der Waals surface area contributed by atoms with E-state index in [0.717, 1.165) is 19.3 Å². The summed E-state index contributed by atoms with van der Waals surface area (Å²) in [5.41, 5.74) is 28.5. The highest BCUT2D eigenvalue weighted by atomic mass is 15.2. The van der Waals surface area contributed by atoms with Crippen LogP contribution in [0.25, 0.3) is 22.3 Å². The van der Waals surface area contributed by atoms with E-state index < -0.39 is 0 Å². The maximum absolute atomic E-state index is 2.74. The van der Waals surface area contributed by atoms with Crippen LogP contribution in [-0.4, -0.2) is 6.71 Å². The molecule has 4 aliphatic rings. The minimum atomic E-state index is -0.340. The van der Waals surface area contributed by atoms with Crippen molar-refractivity contribution in [1.29, 1.82) is 0 Å². The van der Waals surface area contributed by atoms with Gasteiger partial charge >= 0.3 is 0 Å². The van der Waals surface area contributed by atoms with Gasteiger partial charge in [-0.3, -0.25) is 0 Å². The second kappa shape index (κ2) is 19.1. The third-order valence-corrected chi connectivity index (χ3v) is 20.8. The van der Waals surface area contributed by atoms with Crippen molar-refractivity contribution in [1.82, 2.24) is 0 Å². The minimum Gasteiger partial charge on any atom is -0.311 e. The van der Waals surface area contributed by atoms with Gasteiger partial charge in [-0.15, -0.1) is 0 Å². The molecule has 82 heavy (non-hydrogen) atoms. The van der Waals surface area contributed by atoms with Crippen LogP contribution in [0, 0.1) is 0 Å². The highest BCUT2D eigenvalue weighted by Crippen LogP contribution is 2.55. The Balaban J connectivity index is 1.19. The molecule has 0 unspecified atom stereocenters. The minimum absolute atomic E-state index is 0.0114. The van der Waals surface area contributed by atoms with Crippen molar-refractivity contribution in [2.75, 3.05) is 9.80 Å². The van der Waals surface area contributed by atoms with Crippen molar-refractivity contribution in [2.24, 2.45) is 0 Å². The summed E-state index contributed by atoms with van der Waals surface area (Å²) in [5, 5.41) is 0. The quantitative estimate of drug-likeness (QED) is 0.133. The predicted octanol–water partition coefficient (Wildman–Crippen LogP) is 19.6. The monoisotopic (exact) mass is 1070 g/mol. The molecule has 0 bridgehead atoms. The van der Waals surface area contributed by atoms with Gasteiger partial charge in [0.25, 0.3) is 6.71 Å². The Morgan fingerprint density at radius 2 is 0.854 bits per heavy atom. The summed E-state index contributed by atoms with van der Waals surface area (Å²) < 4.78 is 0. The van der Waals surface area contributed by atoms with Crippen LogP contribution in [0.2, 0.25) is 0 Å². The van der Waals surface area contributed by atoms with Gasteiger partial charge in [0.05, 0.1) is 5.69 Å². The third kappa shape index (κ3) is 8.57. The normalized spacial score (nSPS) is 17.1. The molecule has 412 valence electrons. The van der Waals surface area contributed by atoms with Gasteiger partial charge < -0.3 is 9.80 Å². The van der Waals surface area contributed by atoms with Crippen LogP contribution in [-0.2, 0) is 32.5 Å². The van der Waals surface area contributed by atoms with Crippen molar-refractivity contribution >= 4 is 57.2 Å². The zero-order valence-electron chi connectivity index (χ0n) is 51.4. The van der Waals surface area contributed by atoms with Crippen LogP contribution in [0.3, 0.4) is 0 Å². The summed E-state index contributed by atoms with van der Waals surface area (Å²) in [4.78, 5) is 5.48. The van der Waals surface area contributed by atoms with Crippen molar-refractivity contribution < 1.29 is 0 Å². The molecule has 0 saturated heterocycles. The SMILES string of the molecule is CC(C)c1cc2c3c(c1)N(c1cc(-c4ccccc4)c(C(C)(C)c4ccccc4)cc1-c1ccccc1)c1cc(C(C)(C)c4ccccc4)ccc1B3c1cc3c(cc1N2c1ccc2c(c1)C(C)(C)CCC2(C)C)C(C)(C)CCC3(C)C. The van der Waals surface area contributed by atoms with E-state index >= 15 is 0 Å². The first-order valence-corrected chi connectivity index (χ1v) is 30.6. The first-order valence-electron chi connectivity index (χ1n) is 30.6. The molecule has 2 aliphatic heterocycles. The molecule has 2 heterocycles. The molecule has 9 aromatic carbocycles. The van der Waals surface area contributed by atoms with E-state index in [-0.39, 0.29) is 45.1 Å². The topological polar surface area (TPSA) is 6.48 Å². The Kier molecular flexibility index (Phi) is 12.6. The van der Waals surface area contributed by atoms with E-state index in [1.54, 1.807) is 0 Å². The summed E-state index contributed by atoms with van der Waals surface area (Å²) in [6, 6.07) is 75.6. The molecule has 13 rings (SSSR count). The van der Waals surface area contributed by atoms with Gasteiger partial charge in [-0.2, -0.15) is 0 Å². The molecule has 0 spiro atoms. The summed E-state index contributed by atoms with van der Waals surface area (Å²) in [6.07, 6.45) is 4.65. The molecule has 2 nitrogen and oxygen atoms in total. The van der Waals surface area contributed by atoms with Gasteiger partial charge in [0.1, 0.15) is 0 Å². The summed E-state index contributed by atoms with van der Waals surface area (Å²) in [6.45, 7) is 34.3. The van der Waals surface area contributed by atoms with Crippen LogP contribution in [0.4, 0.5) is 34.1 Å². The van der Waals surface area contributed by atoms with E-state index in [1.165, 1.54) is 129 Å². The Labute approximate surface area is 491 Å². The average Bonchev–Trinajstić information content (AvgIpc) is 2.08. The standard InChI is InChI=1S/C79H83BN2/c1-51(2)54-43-71-73-72(44-54)82(68-48-59(52-27-19-15-20-28-52)62(47-60(68)53-29-21-16-22-30-53)79(13,14)56-33-25-18-26-34-56)69-45-57(78(11,12)55-31-23-17-24-32-55)35-38-66(69)80(73)67-49-64-65(77(9,10)42-41-76(64,7)8)50-70(67)81(71)58-36-37-61-63(46-58)75(5,6)40-39-74(61,3)4/h15-38,43-51H,39-42H2,1-14H3. The maximum atomic E-state index is 2.74. The van der Waals surface area contributed by atoms with Crippen LogP contribution in [0.15, 0.2) is 194 Å². The number of hydrogen-bond acceptors (Lipinski definition) is 2. The van der Waals surface area contributed by atoms with E-state index in [2.05, 4.69) is 301 Å². The summed E-state index contributed by atoms with van der Waals surface area (Å²) >= 11 is 0. The van der Waals surface area contributed by atoms with Crippen LogP contribution in [0.5, 0.6) is 0 Å². The van der Waals surface area contributed by atoms with Gasteiger partial charge in [0.15, 0.2) is 0 Å². The van der Waals surface area contributed by atoms with Crippen LogP contribution in [0.1, 0.15) is 179 Å². The highest BCUT2D eigenvalue weighted by Gasteiger charge is 2.48. The van der Waals surface area contributed by atoms with Gasteiger partial charge in [0.2, 0.25) is 0 Å². The Morgan fingerprint density at radius 3 is 1.41 bits per heavy atom. The fourth-order valence-corrected chi connectivity index (χ4v) is 15.1. The Morgan fingerprint density at radius 1 is 0.378 bits per heavy atom. The average molecular weight is 1070 g/mol. The van der Waals surface area contributed by atoms with Crippen molar-refractivity contribution in [3.63, 3.8) is 0 Å². The molecule has 0 fully saturated rings. The van der Waals surface area contributed by atoms with Crippen LogP contribution < -0.4 is 26.2 Å². The molecular formula is C79H83BN2. The number of anilines is 6. The molecule has 0 atom stereocenters. The fourth-order valence-electron chi connectivity index (χ4n) is 15.1.